The van der Waals surface area contributed by atoms with Crippen LogP contribution in [0, 0.1) is 5.92 Å². The molecule has 0 atom stereocenters. The van der Waals surface area contributed by atoms with E-state index in [-0.39, 0.29) is 11.8 Å². The summed E-state index contributed by atoms with van der Waals surface area (Å²) in [6.07, 6.45) is 1.61. The molecule has 0 saturated heterocycles. The van der Waals surface area contributed by atoms with Crippen LogP contribution in [-0.4, -0.2) is 5.91 Å². The zero-order valence-electron chi connectivity index (χ0n) is 11.0. The van der Waals surface area contributed by atoms with Crippen molar-refractivity contribution in [3.05, 3.63) is 59.3 Å². The number of benzene rings is 1. The lowest BCUT2D eigenvalue weighted by atomic mass is 9.87. The molecule has 0 unspecified atom stereocenters. The average Bonchev–Trinajstić information content (AvgIpc) is 2.28. The van der Waals surface area contributed by atoms with Gasteiger partial charge in [0.15, 0.2) is 0 Å². The minimum atomic E-state index is 0.0205. The summed E-state index contributed by atoms with van der Waals surface area (Å²) in [4.78, 5) is 12.0. The molecule has 1 aliphatic rings. The predicted molar refractivity (Wildman–Crippen MR) is 73.9 cm³/mol. The molecular weight excluding hydrogens is 222 g/mol. The number of allylic oxidation sites excluding steroid dienone is 1. The molecule has 0 saturated carbocycles. The second kappa shape index (κ2) is 5.21. The van der Waals surface area contributed by atoms with Crippen LogP contribution in [0.3, 0.4) is 0 Å². The number of nitrogens with one attached hydrogen (secondary N) is 1. The van der Waals surface area contributed by atoms with E-state index in [1.165, 1.54) is 11.1 Å². The maximum atomic E-state index is 12.0. The minimum absolute atomic E-state index is 0.0205. The molecule has 0 aliphatic carbocycles. The standard InChI is InChI=1S/C16H19NO/c1-11(2)15-14(9-12(3)17-16(15)18)10-13-7-5-4-6-8-13/h4-8,11H,3,9-10H2,1-2H3,(H,17,18). The molecule has 0 radical (unpaired) electrons. The van der Waals surface area contributed by atoms with Crippen molar-refractivity contribution >= 4 is 5.91 Å². The Morgan fingerprint density at radius 3 is 2.56 bits per heavy atom. The van der Waals surface area contributed by atoms with E-state index in [9.17, 15) is 4.79 Å². The van der Waals surface area contributed by atoms with Crippen LogP contribution in [0.1, 0.15) is 25.8 Å². The van der Waals surface area contributed by atoms with Gasteiger partial charge >= 0.3 is 0 Å². The summed E-state index contributed by atoms with van der Waals surface area (Å²) in [7, 11) is 0. The van der Waals surface area contributed by atoms with E-state index >= 15 is 0 Å². The molecule has 0 aromatic heterocycles. The fraction of sp³-hybridized carbons (Fsp3) is 0.312. The summed E-state index contributed by atoms with van der Waals surface area (Å²) in [6, 6.07) is 10.3. The van der Waals surface area contributed by atoms with Crippen molar-refractivity contribution in [1.82, 2.24) is 5.32 Å². The minimum Gasteiger partial charge on any atom is -0.326 e. The fourth-order valence-electron chi connectivity index (χ4n) is 2.46. The molecule has 18 heavy (non-hydrogen) atoms. The van der Waals surface area contributed by atoms with Gasteiger partial charge in [0.2, 0.25) is 0 Å². The summed E-state index contributed by atoms with van der Waals surface area (Å²) >= 11 is 0. The van der Waals surface area contributed by atoms with Crippen LogP contribution in [0.25, 0.3) is 0 Å². The van der Waals surface area contributed by atoms with Crippen molar-refractivity contribution in [2.24, 2.45) is 5.92 Å². The summed E-state index contributed by atoms with van der Waals surface area (Å²) < 4.78 is 0. The Labute approximate surface area is 108 Å². The first kappa shape index (κ1) is 12.6. The van der Waals surface area contributed by atoms with E-state index in [2.05, 4.69) is 37.9 Å². The Hall–Kier alpha value is -1.83. The van der Waals surface area contributed by atoms with Crippen LogP contribution >= 0.6 is 0 Å². The van der Waals surface area contributed by atoms with Crippen LogP contribution in [-0.2, 0) is 11.2 Å². The Bertz CT molecular complexity index is 497. The highest BCUT2D eigenvalue weighted by molar-refractivity contribution is 5.97. The second-order valence-electron chi connectivity index (χ2n) is 5.07. The quantitative estimate of drug-likeness (QED) is 0.865. The zero-order chi connectivity index (χ0) is 13.1. The first-order valence-corrected chi connectivity index (χ1v) is 6.33. The van der Waals surface area contributed by atoms with Crippen LogP contribution in [0.4, 0.5) is 0 Å². The molecular formula is C16H19NO. The smallest absolute Gasteiger partial charge is 0.251 e. The second-order valence-corrected chi connectivity index (χ2v) is 5.07. The number of amides is 1. The maximum absolute atomic E-state index is 12.0. The summed E-state index contributed by atoms with van der Waals surface area (Å²) in [5.41, 5.74) is 4.17. The van der Waals surface area contributed by atoms with E-state index < -0.39 is 0 Å². The lowest BCUT2D eigenvalue weighted by molar-refractivity contribution is -0.117. The lowest BCUT2D eigenvalue weighted by Crippen LogP contribution is -2.32. The first-order chi connectivity index (χ1) is 8.58. The Morgan fingerprint density at radius 2 is 1.94 bits per heavy atom. The normalized spacial score (nSPS) is 16.2. The van der Waals surface area contributed by atoms with Gasteiger partial charge in [0.1, 0.15) is 0 Å². The van der Waals surface area contributed by atoms with Crippen molar-refractivity contribution in [1.29, 1.82) is 0 Å². The Morgan fingerprint density at radius 1 is 1.28 bits per heavy atom. The maximum Gasteiger partial charge on any atom is 0.251 e. The molecule has 2 rings (SSSR count). The van der Waals surface area contributed by atoms with Gasteiger partial charge in [-0.05, 0) is 17.9 Å². The zero-order valence-corrected chi connectivity index (χ0v) is 11.0. The SMILES string of the molecule is C=C1CC(Cc2ccccc2)=C(C(C)C)C(=O)N1. The fourth-order valence-corrected chi connectivity index (χ4v) is 2.46. The highest BCUT2D eigenvalue weighted by Crippen LogP contribution is 2.27. The number of hydrogen-bond acceptors (Lipinski definition) is 1. The van der Waals surface area contributed by atoms with E-state index in [1.54, 1.807) is 0 Å². The largest absolute Gasteiger partial charge is 0.326 e. The van der Waals surface area contributed by atoms with E-state index in [1.807, 2.05) is 18.2 Å². The highest BCUT2D eigenvalue weighted by Gasteiger charge is 2.24. The van der Waals surface area contributed by atoms with E-state index in [4.69, 9.17) is 0 Å². The third-order valence-electron chi connectivity index (χ3n) is 3.18. The van der Waals surface area contributed by atoms with Gasteiger partial charge in [-0.2, -0.15) is 0 Å². The molecule has 2 nitrogen and oxygen atoms in total. The van der Waals surface area contributed by atoms with Crippen LogP contribution in [0.15, 0.2) is 53.8 Å². The van der Waals surface area contributed by atoms with Crippen molar-refractivity contribution in [3.8, 4) is 0 Å². The van der Waals surface area contributed by atoms with Crippen molar-refractivity contribution in [2.75, 3.05) is 0 Å². The van der Waals surface area contributed by atoms with E-state index in [0.29, 0.717) is 0 Å². The van der Waals surface area contributed by atoms with Gasteiger partial charge in [0.25, 0.3) is 5.91 Å². The molecule has 0 fully saturated rings. The third-order valence-corrected chi connectivity index (χ3v) is 3.18. The van der Waals surface area contributed by atoms with Crippen molar-refractivity contribution in [2.45, 2.75) is 26.7 Å². The van der Waals surface area contributed by atoms with Gasteiger partial charge in [0.05, 0.1) is 0 Å². The van der Waals surface area contributed by atoms with Crippen LogP contribution in [0.2, 0.25) is 0 Å². The summed E-state index contributed by atoms with van der Waals surface area (Å²) in [5, 5.41) is 2.84. The van der Waals surface area contributed by atoms with Crippen molar-refractivity contribution in [3.63, 3.8) is 0 Å². The average molecular weight is 241 g/mol. The molecule has 2 heteroatoms. The number of rotatable bonds is 3. The van der Waals surface area contributed by atoms with Gasteiger partial charge < -0.3 is 5.32 Å². The van der Waals surface area contributed by atoms with Gasteiger partial charge in [-0.3, -0.25) is 4.79 Å². The lowest BCUT2D eigenvalue weighted by Gasteiger charge is -2.24. The molecule has 1 aromatic carbocycles. The summed E-state index contributed by atoms with van der Waals surface area (Å²) in [6.45, 7) is 8.01. The van der Waals surface area contributed by atoms with E-state index in [0.717, 1.165) is 24.1 Å². The van der Waals surface area contributed by atoms with Crippen LogP contribution in [0.5, 0.6) is 0 Å². The number of hydrogen-bond donors (Lipinski definition) is 1. The molecule has 1 heterocycles. The van der Waals surface area contributed by atoms with Crippen LogP contribution < -0.4 is 5.32 Å². The molecule has 0 spiro atoms. The highest BCUT2D eigenvalue weighted by atomic mass is 16.1. The molecule has 94 valence electrons. The predicted octanol–water partition coefficient (Wildman–Crippen LogP) is 3.22. The topological polar surface area (TPSA) is 29.1 Å². The molecule has 1 amide bonds. The van der Waals surface area contributed by atoms with Gasteiger partial charge in [-0.15, -0.1) is 0 Å². The molecule has 1 N–H and O–H groups in total. The molecule has 0 bridgehead atoms. The number of carbonyl (C=O) groups excluding carboxylic acids is 1. The Balaban J connectivity index is 2.34. The summed E-state index contributed by atoms with van der Waals surface area (Å²) in [5.74, 6) is 0.268. The number of carbonyl (C=O) groups is 1. The molecule has 1 aromatic rings. The first-order valence-electron chi connectivity index (χ1n) is 6.33. The van der Waals surface area contributed by atoms with Crippen molar-refractivity contribution < 1.29 is 4.79 Å². The van der Waals surface area contributed by atoms with Gasteiger partial charge in [-0.25, -0.2) is 0 Å². The molecule has 1 aliphatic heterocycles. The third kappa shape index (κ3) is 2.70. The van der Waals surface area contributed by atoms with Gasteiger partial charge in [-0.1, -0.05) is 56.3 Å². The monoisotopic (exact) mass is 241 g/mol. The Kier molecular flexibility index (Phi) is 3.66. The van der Waals surface area contributed by atoms with Gasteiger partial charge in [0, 0.05) is 17.7 Å².